The summed E-state index contributed by atoms with van der Waals surface area (Å²) >= 11 is 1.50. The molecule has 2 amide bonds. The molecular formula is C25H26N2O2S. The Labute approximate surface area is 182 Å². The van der Waals surface area contributed by atoms with E-state index in [0.717, 1.165) is 27.4 Å². The van der Waals surface area contributed by atoms with Crippen molar-refractivity contribution in [3.63, 3.8) is 0 Å². The highest BCUT2D eigenvalue weighted by Crippen LogP contribution is 2.29. The molecule has 0 aliphatic carbocycles. The lowest BCUT2D eigenvalue weighted by Gasteiger charge is -2.16. The van der Waals surface area contributed by atoms with Gasteiger partial charge in [0.05, 0.1) is 11.7 Å². The summed E-state index contributed by atoms with van der Waals surface area (Å²) in [6.45, 7) is 3.98. The lowest BCUT2D eigenvalue weighted by atomic mass is 10.1. The zero-order chi connectivity index (χ0) is 21.3. The van der Waals surface area contributed by atoms with Crippen LogP contribution in [0.1, 0.15) is 24.5 Å². The summed E-state index contributed by atoms with van der Waals surface area (Å²) in [5.74, 6) is -0.0806. The van der Waals surface area contributed by atoms with E-state index in [4.69, 9.17) is 0 Å². The number of carbonyl (C=O) groups is 2. The summed E-state index contributed by atoms with van der Waals surface area (Å²) in [5, 5.41) is 5.75. The Kier molecular flexibility index (Phi) is 7.69. The van der Waals surface area contributed by atoms with Crippen molar-refractivity contribution in [2.45, 2.75) is 36.8 Å². The van der Waals surface area contributed by atoms with E-state index in [-0.39, 0.29) is 17.1 Å². The number of anilines is 2. The fourth-order valence-corrected chi connectivity index (χ4v) is 4.06. The molecule has 0 spiro atoms. The molecule has 4 nitrogen and oxygen atoms in total. The van der Waals surface area contributed by atoms with E-state index in [1.165, 1.54) is 11.8 Å². The summed E-state index contributed by atoms with van der Waals surface area (Å²) in [4.78, 5) is 26.0. The Morgan fingerprint density at radius 1 is 0.900 bits per heavy atom. The number of rotatable bonds is 8. The van der Waals surface area contributed by atoms with E-state index < -0.39 is 0 Å². The molecule has 3 aromatic carbocycles. The molecule has 3 rings (SSSR count). The number of hydrogen-bond donors (Lipinski definition) is 2. The predicted octanol–water partition coefficient (Wildman–Crippen LogP) is 5.69. The fourth-order valence-electron chi connectivity index (χ4n) is 3.05. The van der Waals surface area contributed by atoms with Gasteiger partial charge in [0, 0.05) is 16.3 Å². The molecule has 0 aromatic heterocycles. The van der Waals surface area contributed by atoms with E-state index in [9.17, 15) is 9.59 Å². The van der Waals surface area contributed by atoms with Gasteiger partial charge in [-0.3, -0.25) is 9.59 Å². The van der Waals surface area contributed by atoms with E-state index in [0.29, 0.717) is 12.8 Å². The van der Waals surface area contributed by atoms with Crippen molar-refractivity contribution in [2.75, 3.05) is 10.6 Å². The number of nitrogens with one attached hydrogen (secondary N) is 2. The van der Waals surface area contributed by atoms with Crippen molar-refractivity contribution >= 4 is 35.0 Å². The zero-order valence-electron chi connectivity index (χ0n) is 17.2. The van der Waals surface area contributed by atoms with Gasteiger partial charge in [-0.15, -0.1) is 11.8 Å². The Hall–Kier alpha value is -3.05. The van der Waals surface area contributed by atoms with Crippen LogP contribution in [-0.4, -0.2) is 17.1 Å². The molecule has 154 valence electrons. The van der Waals surface area contributed by atoms with Crippen molar-refractivity contribution < 1.29 is 9.59 Å². The number of para-hydroxylation sites is 1. The first-order valence-electron chi connectivity index (χ1n) is 10.0. The summed E-state index contributed by atoms with van der Waals surface area (Å²) < 4.78 is 0. The van der Waals surface area contributed by atoms with E-state index >= 15 is 0 Å². The van der Waals surface area contributed by atoms with E-state index in [1.807, 2.05) is 92.7 Å². The fraction of sp³-hybridized carbons (Fsp3) is 0.200. The van der Waals surface area contributed by atoms with E-state index in [1.54, 1.807) is 0 Å². The number of amides is 2. The molecule has 1 atom stereocenters. The van der Waals surface area contributed by atoms with Gasteiger partial charge in [-0.2, -0.15) is 0 Å². The molecule has 0 aliphatic rings. The third kappa shape index (κ3) is 6.22. The van der Waals surface area contributed by atoms with Gasteiger partial charge in [-0.25, -0.2) is 0 Å². The van der Waals surface area contributed by atoms with Crippen molar-refractivity contribution in [3.05, 3.63) is 90.0 Å². The third-order valence-corrected chi connectivity index (χ3v) is 6.03. The van der Waals surface area contributed by atoms with Gasteiger partial charge in [0.1, 0.15) is 0 Å². The van der Waals surface area contributed by atoms with Crippen LogP contribution in [-0.2, 0) is 16.0 Å². The molecule has 30 heavy (non-hydrogen) atoms. The minimum Gasteiger partial charge on any atom is -0.326 e. The number of carbonyl (C=O) groups excluding carboxylic acids is 2. The molecular weight excluding hydrogens is 392 g/mol. The van der Waals surface area contributed by atoms with Crippen LogP contribution < -0.4 is 10.6 Å². The maximum Gasteiger partial charge on any atom is 0.237 e. The predicted molar refractivity (Wildman–Crippen MR) is 125 cm³/mol. The largest absolute Gasteiger partial charge is 0.326 e. The van der Waals surface area contributed by atoms with Crippen LogP contribution in [0.4, 0.5) is 11.4 Å². The van der Waals surface area contributed by atoms with Gasteiger partial charge >= 0.3 is 0 Å². The monoisotopic (exact) mass is 418 g/mol. The molecule has 2 N–H and O–H groups in total. The molecule has 0 saturated heterocycles. The molecule has 0 heterocycles. The topological polar surface area (TPSA) is 58.2 Å². The van der Waals surface area contributed by atoms with E-state index in [2.05, 4.69) is 10.6 Å². The van der Waals surface area contributed by atoms with Crippen LogP contribution in [0, 0.1) is 6.92 Å². The lowest BCUT2D eigenvalue weighted by Crippen LogP contribution is -2.24. The van der Waals surface area contributed by atoms with Crippen LogP contribution in [0.3, 0.4) is 0 Å². The van der Waals surface area contributed by atoms with Gasteiger partial charge in [-0.05, 0) is 48.7 Å². The smallest absolute Gasteiger partial charge is 0.237 e. The van der Waals surface area contributed by atoms with Crippen molar-refractivity contribution in [1.29, 1.82) is 0 Å². The summed E-state index contributed by atoms with van der Waals surface area (Å²) in [7, 11) is 0. The van der Waals surface area contributed by atoms with Gasteiger partial charge in [0.25, 0.3) is 0 Å². The molecule has 0 saturated carbocycles. The van der Waals surface area contributed by atoms with Gasteiger partial charge in [0.2, 0.25) is 11.8 Å². The summed E-state index contributed by atoms with van der Waals surface area (Å²) in [6, 6.07) is 25.0. The minimum atomic E-state index is -0.222. The van der Waals surface area contributed by atoms with Crippen LogP contribution in [0.5, 0.6) is 0 Å². The Morgan fingerprint density at radius 2 is 1.63 bits per heavy atom. The standard InChI is InChI=1S/C25H26N2O2S/c1-3-23(25(29)27-22-15-8-7-10-18(22)2)30-21-14-9-13-20(17-21)26-24(28)16-19-11-5-4-6-12-19/h4-15,17,23H,3,16H2,1-2H3,(H,26,28)(H,27,29). The van der Waals surface area contributed by atoms with Crippen LogP contribution >= 0.6 is 11.8 Å². The highest BCUT2D eigenvalue weighted by molar-refractivity contribution is 8.00. The maximum atomic E-state index is 12.8. The maximum absolute atomic E-state index is 12.8. The molecule has 0 radical (unpaired) electrons. The number of hydrogen-bond acceptors (Lipinski definition) is 3. The van der Waals surface area contributed by atoms with Gasteiger partial charge in [-0.1, -0.05) is 61.5 Å². The lowest BCUT2D eigenvalue weighted by molar-refractivity contribution is -0.116. The molecule has 1 unspecified atom stereocenters. The average Bonchev–Trinajstić information content (AvgIpc) is 2.74. The van der Waals surface area contributed by atoms with Crippen LogP contribution in [0.15, 0.2) is 83.8 Å². The second kappa shape index (κ2) is 10.6. The first-order chi connectivity index (χ1) is 14.5. The minimum absolute atomic E-state index is 0.0182. The molecule has 0 bridgehead atoms. The summed E-state index contributed by atoms with van der Waals surface area (Å²) in [5.41, 5.74) is 3.58. The SMILES string of the molecule is CCC(Sc1cccc(NC(=O)Cc2ccccc2)c1)C(=O)Nc1ccccc1C. The van der Waals surface area contributed by atoms with Crippen molar-refractivity contribution in [3.8, 4) is 0 Å². The molecule has 5 heteroatoms. The third-order valence-electron chi connectivity index (χ3n) is 4.67. The second-order valence-corrected chi connectivity index (χ2v) is 8.33. The highest BCUT2D eigenvalue weighted by atomic mass is 32.2. The quantitative estimate of drug-likeness (QED) is 0.462. The Morgan fingerprint density at radius 3 is 2.37 bits per heavy atom. The van der Waals surface area contributed by atoms with Crippen molar-refractivity contribution in [2.24, 2.45) is 0 Å². The highest BCUT2D eigenvalue weighted by Gasteiger charge is 2.19. The number of thioether (sulfide) groups is 1. The van der Waals surface area contributed by atoms with Crippen molar-refractivity contribution in [1.82, 2.24) is 0 Å². The number of benzene rings is 3. The van der Waals surface area contributed by atoms with Gasteiger partial charge in [0.15, 0.2) is 0 Å². The van der Waals surface area contributed by atoms with Crippen LogP contribution in [0.25, 0.3) is 0 Å². The Balaban J connectivity index is 1.62. The zero-order valence-corrected chi connectivity index (χ0v) is 18.0. The normalized spacial score (nSPS) is 11.5. The Bertz CT molecular complexity index is 1000. The first kappa shape index (κ1) is 21.7. The molecule has 0 fully saturated rings. The van der Waals surface area contributed by atoms with Gasteiger partial charge < -0.3 is 10.6 Å². The average molecular weight is 419 g/mol. The second-order valence-electron chi connectivity index (χ2n) is 7.06. The molecule has 3 aromatic rings. The number of aryl methyl sites for hydroxylation is 1. The first-order valence-corrected chi connectivity index (χ1v) is 10.9. The van der Waals surface area contributed by atoms with Crippen LogP contribution in [0.2, 0.25) is 0 Å². The summed E-state index contributed by atoms with van der Waals surface area (Å²) in [6.07, 6.45) is 1.03. The molecule has 0 aliphatic heterocycles.